The van der Waals surface area contributed by atoms with Crippen LogP contribution in [0.25, 0.3) is 0 Å². The summed E-state index contributed by atoms with van der Waals surface area (Å²) in [5.74, 6) is 1.98. The van der Waals surface area contributed by atoms with Gasteiger partial charge in [0.05, 0.1) is 0 Å². The van der Waals surface area contributed by atoms with Gasteiger partial charge in [-0.3, -0.25) is 4.79 Å². The van der Waals surface area contributed by atoms with E-state index in [4.69, 9.17) is 4.74 Å². The molecule has 0 N–H and O–H groups in total. The van der Waals surface area contributed by atoms with E-state index in [0.717, 1.165) is 18.3 Å². The number of ether oxygens (including phenoxy) is 1. The summed E-state index contributed by atoms with van der Waals surface area (Å²) in [5, 5.41) is 0. The highest BCUT2D eigenvalue weighted by Crippen LogP contribution is 2.23. The van der Waals surface area contributed by atoms with E-state index in [2.05, 4.69) is 27.7 Å². The summed E-state index contributed by atoms with van der Waals surface area (Å²) in [6, 6.07) is 0. The first-order valence-electron chi connectivity index (χ1n) is 8.54. The molecule has 0 unspecified atom stereocenters. The van der Waals surface area contributed by atoms with E-state index in [1.165, 1.54) is 45.4 Å². The van der Waals surface area contributed by atoms with E-state index in [-0.39, 0.29) is 12.1 Å². The first kappa shape index (κ1) is 19.5. The van der Waals surface area contributed by atoms with Crippen molar-refractivity contribution in [3.8, 4) is 0 Å². The van der Waals surface area contributed by atoms with Crippen molar-refractivity contribution in [1.29, 1.82) is 0 Å². The van der Waals surface area contributed by atoms with Crippen LogP contribution in [0.5, 0.6) is 0 Å². The van der Waals surface area contributed by atoms with Crippen molar-refractivity contribution in [3.05, 3.63) is 0 Å². The van der Waals surface area contributed by atoms with E-state index >= 15 is 0 Å². The highest BCUT2D eigenvalue weighted by Gasteiger charge is 2.15. The Balaban J connectivity index is 3.74. The molecule has 0 amide bonds. The van der Waals surface area contributed by atoms with Gasteiger partial charge in [0.2, 0.25) is 0 Å². The van der Waals surface area contributed by atoms with Gasteiger partial charge < -0.3 is 4.74 Å². The summed E-state index contributed by atoms with van der Waals surface area (Å²) >= 11 is 0. The number of rotatable bonds is 11. The quantitative estimate of drug-likeness (QED) is 0.462. The molecule has 0 aliphatic rings. The van der Waals surface area contributed by atoms with E-state index in [1.807, 2.05) is 6.92 Å². The molecular formula is C18H36O2. The first-order valence-corrected chi connectivity index (χ1v) is 8.54. The molecule has 0 saturated carbocycles. The average molecular weight is 284 g/mol. The van der Waals surface area contributed by atoms with Crippen molar-refractivity contribution in [2.24, 2.45) is 17.8 Å². The Kier molecular flexibility index (Phi) is 10.9. The van der Waals surface area contributed by atoms with Crippen LogP contribution in [0.1, 0.15) is 86.5 Å². The standard InChI is InChI=1S/C18H36O2/c1-7-8-10-14(2)13-15(3)11-9-12-16(4)17(5)20-18(6)19/h14-17H,7-13H2,1-6H3/t14-,15-,16+,17-/m0/s1. The van der Waals surface area contributed by atoms with Crippen LogP contribution >= 0.6 is 0 Å². The fourth-order valence-corrected chi connectivity index (χ4v) is 2.88. The van der Waals surface area contributed by atoms with Gasteiger partial charge in [0.1, 0.15) is 6.10 Å². The molecule has 0 aliphatic heterocycles. The molecule has 120 valence electrons. The molecule has 0 aromatic heterocycles. The van der Waals surface area contributed by atoms with Gasteiger partial charge >= 0.3 is 5.97 Å². The zero-order valence-electron chi connectivity index (χ0n) is 14.6. The van der Waals surface area contributed by atoms with E-state index < -0.39 is 0 Å². The minimum absolute atomic E-state index is 0.0475. The maximum absolute atomic E-state index is 10.9. The highest BCUT2D eigenvalue weighted by molar-refractivity contribution is 5.66. The summed E-state index contributed by atoms with van der Waals surface area (Å²) in [6.07, 6.45) is 9.15. The van der Waals surface area contributed by atoms with Gasteiger partial charge in [-0.1, -0.05) is 59.8 Å². The smallest absolute Gasteiger partial charge is 0.302 e. The van der Waals surface area contributed by atoms with Crippen molar-refractivity contribution in [3.63, 3.8) is 0 Å². The molecule has 0 rings (SSSR count). The monoisotopic (exact) mass is 284 g/mol. The lowest BCUT2D eigenvalue weighted by Gasteiger charge is -2.21. The number of unbranched alkanes of at least 4 members (excludes halogenated alkanes) is 1. The molecule has 0 aromatic carbocycles. The minimum atomic E-state index is -0.164. The molecule has 4 atom stereocenters. The molecule has 2 heteroatoms. The Morgan fingerprint density at radius 3 is 2.00 bits per heavy atom. The van der Waals surface area contributed by atoms with Gasteiger partial charge in [-0.05, 0) is 37.5 Å². The van der Waals surface area contributed by atoms with Gasteiger partial charge in [0.15, 0.2) is 0 Å². The Labute approximate surface area is 126 Å². The number of hydrogen-bond donors (Lipinski definition) is 0. The second kappa shape index (κ2) is 11.2. The molecule has 0 spiro atoms. The van der Waals surface area contributed by atoms with Crippen LogP contribution in [0.4, 0.5) is 0 Å². The summed E-state index contributed by atoms with van der Waals surface area (Å²) in [7, 11) is 0. The van der Waals surface area contributed by atoms with Gasteiger partial charge in [-0.15, -0.1) is 0 Å². The lowest BCUT2D eigenvalue weighted by atomic mass is 9.88. The SMILES string of the molecule is CCCC[C@H](C)C[C@@H](C)CCC[C@@H](C)[C@H](C)OC(C)=O. The molecule has 0 aromatic rings. The molecule has 0 radical (unpaired) electrons. The maximum atomic E-state index is 10.9. The Morgan fingerprint density at radius 2 is 1.50 bits per heavy atom. The highest BCUT2D eigenvalue weighted by atomic mass is 16.5. The number of carbonyl (C=O) groups is 1. The minimum Gasteiger partial charge on any atom is -0.463 e. The van der Waals surface area contributed by atoms with Crippen LogP contribution < -0.4 is 0 Å². The molecule has 0 bridgehead atoms. The second-order valence-electron chi connectivity index (χ2n) is 6.81. The van der Waals surface area contributed by atoms with Crippen molar-refractivity contribution in [2.45, 2.75) is 92.6 Å². The summed E-state index contributed by atoms with van der Waals surface area (Å²) in [4.78, 5) is 10.9. The largest absolute Gasteiger partial charge is 0.463 e. The van der Waals surface area contributed by atoms with Crippen molar-refractivity contribution in [2.75, 3.05) is 0 Å². The normalized spacial score (nSPS) is 17.3. The van der Waals surface area contributed by atoms with Crippen LogP contribution in [0.2, 0.25) is 0 Å². The fraction of sp³-hybridized carbons (Fsp3) is 0.944. The predicted octanol–water partition coefficient (Wildman–Crippen LogP) is 5.60. The Bertz CT molecular complexity index is 250. The summed E-state index contributed by atoms with van der Waals surface area (Å²) < 4.78 is 5.24. The second-order valence-corrected chi connectivity index (χ2v) is 6.81. The molecule has 0 saturated heterocycles. The first-order chi connectivity index (χ1) is 9.36. The third-order valence-electron chi connectivity index (χ3n) is 4.36. The third-order valence-corrected chi connectivity index (χ3v) is 4.36. The maximum Gasteiger partial charge on any atom is 0.302 e. The number of hydrogen-bond acceptors (Lipinski definition) is 2. The van der Waals surface area contributed by atoms with Crippen LogP contribution in [0, 0.1) is 17.8 Å². The average Bonchev–Trinajstić information content (AvgIpc) is 2.35. The lowest BCUT2D eigenvalue weighted by molar-refractivity contribution is -0.147. The Morgan fingerprint density at radius 1 is 0.950 bits per heavy atom. The summed E-state index contributed by atoms with van der Waals surface area (Å²) in [5.41, 5.74) is 0. The molecule has 2 nitrogen and oxygen atoms in total. The van der Waals surface area contributed by atoms with E-state index in [0.29, 0.717) is 5.92 Å². The number of esters is 1. The van der Waals surface area contributed by atoms with Crippen molar-refractivity contribution in [1.82, 2.24) is 0 Å². The van der Waals surface area contributed by atoms with Crippen LogP contribution in [0.3, 0.4) is 0 Å². The van der Waals surface area contributed by atoms with Gasteiger partial charge in [-0.25, -0.2) is 0 Å². The van der Waals surface area contributed by atoms with E-state index in [9.17, 15) is 4.79 Å². The predicted molar refractivity (Wildman–Crippen MR) is 86.7 cm³/mol. The molecule has 0 heterocycles. The van der Waals surface area contributed by atoms with Crippen molar-refractivity contribution >= 4 is 5.97 Å². The summed E-state index contributed by atoms with van der Waals surface area (Å²) in [6.45, 7) is 12.7. The lowest BCUT2D eigenvalue weighted by Crippen LogP contribution is -2.20. The van der Waals surface area contributed by atoms with Crippen LogP contribution in [-0.2, 0) is 9.53 Å². The molecular weight excluding hydrogens is 248 g/mol. The molecule has 20 heavy (non-hydrogen) atoms. The van der Waals surface area contributed by atoms with Gasteiger partial charge in [-0.2, -0.15) is 0 Å². The van der Waals surface area contributed by atoms with Crippen molar-refractivity contribution < 1.29 is 9.53 Å². The molecule has 0 fully saturated rings. The zero-order valence-corrected chi connectivity index (χ0v) is 14.6. The Hall–Kier alpha value is -0.530. The van der Waals surface area contributed by atoms with Gasteiger partial charge in [0, 0.05) is 6.92 Å². The van der Waals surface area contributed by atoms with E-state index in [1.54, 1.807) is 0 Å². The molecule has 0 aliphatic carbocycles. The third kappa shape index (κ3) is 10.3. The van der Waals surface area contributed by atoms with Crippen LogP contribution in [0.15, 0.2) is 0 Å². The topological polar surface area (TPSA) is 26.3 Å². The zero-order chi connectivity index (χ0) is 15.5. The van der Waals surface area contributed by atoms with Crippen LogP contribution in [-0.4, -0.2) is 12.1 Å². The fourth-order valence-electron chi connectivity index (χ4n) is 2.88. The van der Waals surface area contributed by atoms with Gasteiger partial charge in [0.25, 0.3) is 0 Å². The number of carbonyl (C=O) groups excluding carboxylic acids is 1.